The molecule has 2 aromatic heterocycles. The summed E-state index contributed by atoms with van der Waals surface area (Å²) in [6.45, 7) is 2.04. The molecule has 0 saturated heterocycles. The van der Waals surface area contributed by atoms with E-state index in [2.05, 4.69) is 10.2 Å². The van der Waals surface area contributed by atoms with Crippen LogP contribution in [0.25, 0.3) is 22.0 Å². The predicted octanol–water partition coefficient (Wildman–Crippen LogP) is 3.06. The smallest absolute Gasteiger partial charge is 0.270 e. The molecule has 9 heteroatoms. The molecule has 0 bridgehead atoms. The summed E-state index contributed by atoms with van der Waals surface area (Å²) in [5.74, 6) is -0.133. The highest BCUT2D eigenvalue weighted by atomic mass is 19.1. The fraction of sp³-hybridized carbons (Fsp3) is 0.208. The summed E-state index contributed by atoms with van der Waals surface area (Å²) in [5.41, 5.74) is 3.20. The van der Waals surface area contributed by atoms with Gasteiger partial charge in [0.15, 0.2) is 0 Å². The van der Waals surface area contributed by atoms with Gasteiger partial charge in [0, 0.05) is 29.1 Å². The number of ether oxygens (including phenoxy) is 1. The van der Waals surface area contributed by atoms with E-state index in [0.717, 1.165) is 4.73 Å². The summed E-state index contributed by atoms with van der Waals surface area (Å²) >= 11 is 0. The average molecular weight is 451 g/mol. The number of fused-ring (bicyclic) bond motifs is 1. The van der Waals surface area contributed by atoms with Gasteiger partial charge in [0.2, 0.25) is 6.20 Å². The van der Waals surface area contributed by atoms with Crippen LogP contribution in [-0.2, 0) is 13.2 Å². The van der Waals surface area contributed by atoms with Gasteiger partial charge >= 0.3 is 0 Å². The Kier molecular flexibility index (Phi) is 6.23. The van der Waals surface area contributed by atoms with Gasteiger partial charge < -0.3 is 14.7 Å². The van der Waals surface area contributed by atoms with Crippen molar-refractivity contribution in [1.82, 2.24) is 15.1 Å². The Bertz CT molecular complexity index is 1320. The maximum absolute atomic E-state index is 13.7. The first-order valence-corrected chi connectivity index (χ1v) is 10.4. The molecule has 2 heterocycles. The van der Waals surface area contributed by atoms with Crippen molar-refractivity contribution >= 4 is 16.8 Å². The number of aromatic amines is 1. The van der Waals surface area contributed by atoms with Crippen LogP contribution < -0.4 is 9.47 Å². The second kappa shape index (κ2) is 9.25. The first-order valence-electron chi connectivity index (χ1n) is 10.4. The Morgan fingerprint density at radius 3 is 2.82 bits per heavy atom. The molecule has 0 saturated carbocycles. The molecule has 0 aliphatic carbocycles. The van der Waals surface area contributed by atoms with Crippen molar-refractivity contribution in [2.75, 3.05) is 13.7 Å². The summed E-state index contributed by atoms with van der Waals surface area (Å²) in [4.78, 5) is 14.7. The molecular formula is C24H24FN4O4+. The summed E-state index contributed by atoms with van der Waals surface area (Å²) in [7, 11) is 1.64. The van der Waals surface area contributed by atoms with Crippen LogP contribution in [0.1, 0.15) is 28.5 Å². The van der Waals surface area contributed by atoms with Crippen LogP contribution in [0.3, 0.4) is 0 Å². The molecule has 0 aliphatic rings. The molecule has 4 rings (SSSR count). The molecule has 1 amide bonds. The molecule has 3 N–H and O–H groups in total. The fourth-order valence-corrected chi connectivity index (χ4v) is 3.81. The molecular weight excluding hydrogens is 427 g/mol. The molecule has 170 valence electrons. The number of aliphatic hydroxyl groups is 1. The summed E-state index contributed by atoms with van der Waals surface area (Å²) in [6, 6.07) is 11.3. The zero-order valence-corrected chi connectivity index (χ0v) is 18.2. The molecule has 4 aromatic rings. The van der Waals surface area contributed by atoms with E-state index in [0.29, 0.717) is 51.2 Å². The number of nitrogens with zero attached hydrogens (tertiary/aromatic N) is 3. The molecule has 0 unspecified atom stereocenters. The van der Waals surface area contributed by atoms with Crippen molar-refractivity contribution in [1.29, 1.82) is 0 Å². The van der Waals surface area contributed by atoms with Gasteiger partial charge in [-0.1, -0.05) is 12.1 Å². The van der Waals surface area contributed by atoms with Crippen LogP contribution in [0.2, 0.25) is 0 Å². The van der Waals surface area contributed by atoms with E-state index in [1.807, 2.05) is 6.92 Å². The SMILES string of the molecule is CCOc1cc(C(=O)N(C)Cc2c[n+](O)c(CO)c3c[nH]nc23)ccc1-c1cccc(F)c1. The number of pyridine rings is 1. The number of nitrogens with one attached hydrogen (secondary N) is 1. The minimum atomic E-state index is -0.362. The number of amides is 1. The maximum Gasteiger partial charge on any atom is 0.270 e. The predicted molar refractivity (Wildman–Crippen MR) is 118 cm³/mol. The number of hydrogen-bond acceptors (Lipinski definition) is 5. The van der Waals surface area contributed by atoms with Gasteiger partial charge in [0.05, 0.1) is 24.1 Å². The molecule has 0 aliphatic heterocycles. The van der Waals surface area contributed by atoms with E-state index in [4.69, 9.17) is 4.74 Å². The highest BCUT2D eigenvalue weighted by Gasteiger charge is 2.23. The molecule has 2 aromatic carbocycles. The standard InChI is InChI=1S/C24H23FN4O4/c1-3-33-22-10-16(7-8-19(22)15-5-4-6-18(25)9-15)24(31)28(2)12-17-13-29(32)21(14-30)20-11-26-27-23(17)20/h4-11,13,30,32H,3,12,14H2,1-2H3/p+1. The number of benzene rings is 2. The van der Waals surface area contributed by atoms with Gasteiger partial charge in [-0.05, 0) is 42.8 Å². The Balaban J connectivity index is 1.63. The third-order valence-electron chi connectivity index (χ3n) is 5.38. The van der Waals surface area contributed by atoms with Gasteiger partial charge in [-0.15, -0.1) is 0 Å². The Morgan fingerprint density at radius 2 is 2.09 bits per heavy atom. The second-order valence-corrected chi connectivity index (χ2v) is 7.57. The number of rotatable bonds is 7. The number of aromatic nitrogens is 3. The van der Waals surface area contributed by atoms with Crippen LogP contribution >= 0.6 is 0 Å². The number of halogens is 1. The summed E-state index contributed by atoms with van der Waals surface area (Å²) in [5, 5.41) is 27.2. The van der Waals surface area contributed by atoms with Crippen molar-refractivity contribution in [3.05, 3.63) is 77.5 Å². The first kappa shape index (κ1) is 22.2. The molecule has 0 atom stereocenters. The van der Waals surface area contributed by atoms with Gasteiger partial charge in [-0.3, -0.25) is 15.1 Å². The van der Waals surface area contributed by atoms with Crippen molar-refractivity contribution in [2.24, 2.45) is 0 Å². The van der Waals surface area contributed by atoms with E-state index < -0.39 is 0 Å². The zero-order chi connectivity index (χ0) is 23.5. The summed E-state index contributed by atoms with van der Waals surface area (Å²) in [6.07, 6.45) is 3.01. The van der Waals surface area contributed by atoms with E-state index in [9.17, 15) is 19.5 Å². The lowest BCUT2D eigenvalue weighted by Gasteiger charge is -2.18. The largest absolute Gasteiger partial charge is 0.493 e. The Morgan fingerprint density at radius 1 is 1.27 bits per heavy atom. The lowest BCUT2D eigenvalue weighted by Crippen LogP contribution is -2.37. The van der Waals surface area contributed by atoms with Crippen molar-refractivity contribution < 1.29 is 29.0 Å². The third kappa shape index (κ3) is 4.35. The minimum absolute atomic E-state index is 0.169. The van der Waals surface area contributed by atoms with Crippen molar-refractivity contribution in [2.45, 2.75) is 20.1 Å². The van der Waals surface area contributed by atoms with Gasteiger partial charge in [0.25, 0.3) is 11.6 Å². The Labute approximate surface area is 189 Å². The third-order valence-corrected chi connectivity index (χ3v) is 5.38. The highest BCUT2D eigenvalue weighted by Crippen LogP contribution is 2.32. The molecule has 8 nitrogen and oxygen atoms in total. The lowest BCUT2D eigenvalue weighted by molar-refractivity contribution is -0.909. The lowest BCUT2D eigenvalue weighted by atomic mass is 10.0. The maximum atomic E-state index is 13.7. The van der Waals surface area contributed by atoms with E-state index in [1.54, 1.807) is 43.6 Å². The number of carbonyl (C=O) groups is 1. The van der Waals surface area contributed by atoms with Crippen LogP contribution in [-0.4, -0.2) is 45.0 Å². The number of H-pyrrole nitrogens is 1. The second-order valence-electron chi connectivity index (χ2n) is 7.57. The molecule has 0 spiro atoms. The number of carbonyl (C=O) groups excluding carboxylic acids is 1. The van der Waals surface area contributed by atoms with Crippen LogP contribution in [0.15, 0.2) is 54.9 Å². The molecule has 33 heavy (non-hydrogen) atoms. The highest BCUT2D eigenvalue weighted by molar-refractivity contribution is 5.95. The quantitative estimate of drug-likeness (QED) is 0.296. The van der Waals surface area contributed by atoms with E-state index >= 15 is 0 Å². The van der Waals surface area contributed by atoms with Gasteiger partial charge in [-0.2, -0.15) is 5.10 Å². The van der Waals surface area contributed by atoms with E-state index in [-0.39, 0.29) is 24.9 Å². The minimum Gasteiger partial charge on any atom is -0.493 e. The molecule has 0 radical (unpaired) electrons. The van der Waals surface area contributed by atoms with Gasteiger partial charge in [0.1, 0.15) is 23.7 Å². The van der Waals surface area contributed by atoms with Crippen LogP contribution in [0.4, 0.5) is 4.39 Å². The van der Waals surface area contributed by atoms with Crippen molar-refractivity contribution in [3.8, 4) is 16.9 Å². The fourth-order valence-electron chi connectivity index (χ4n) is 3.81. The average Bonchev–Trinajstić information content (AvgIpc) is 3.29. The van der Waals surface area contributed by atoms with Gasteiger partial charge in [-0.25, -0.2) is 4.39 Å². The van der Waals surface area contributed by atoms with Crippen LogP contribution in [0, 0.1) is 5.82 Å². The van der Waals surface area contributed by atoms with Crippen LogP contribution in [0.5, 0.6) is 5.75 Å². The number of hydrogen-bond donors (Lipinski definition) is 3. The normalized spacial score (nSPS) is 11.0. The van der Waals surface area contributed by atoms with Crippen molar-refractivity contribution in [3.63, 3.8) is 0 Å². The zero-order valence-electron chi connectivity index (χ0n) is 18.2. The van der Waals surface area contributed by atoms with E-state index in [1.165, 1.54) is 23.2 Å². The topological polar surface area (TPSA) is 103 Å². The first-order chi connectivity index (χ1) is 15.9. The Hall–Kier alpha value is -3.98. The molecule has 0 fully saturated rings. The number of aliphatic hydroxyl groups excluding tert-OH is 1. The summed E-state index contributed by atoms with van der Waals surface area (Å²) < 4.78 is 20.3. The monoisotopic (exact) mass is 451 g/mol.